The van der Waals surface area contributed by atoms with Gasteiger partial charge in [0.05, 0.1) is 6.04 Å². The van der Waals surface area contributed by atoms with Crippen molar-refractivity contribution in [3.8, 4) is 0 Å². The monoisotopic (exact) mass is 208 g/mol. The van der Waals surface area contributed by atoms with Gasteiger partial charge in [-0.25, -0.2) is 0 Å². The molecule has 1 aromatic heterocycles. The summed E-state index contributed by atoms with van der Waals surface area (Å²) in [5, 5.41) is 0. The van der Waals surface area contributed by atoms with Crippen LogP contribution in [0, 0.1) is 13.8 Å². The topological polar surface area (TPSA) is 59.5 Å². The van der Waals surface area contributed by atoms with E-state index in [1.165, 1.54) is 0 Å². The molecule has 0 aliphatic carbocycles. The molecule has 0 bridgehead atoms. The second-order valence-corrected chi connectivity index (χ2v) is 4.14. The maximum Gasteiger partial charge on any atom is 0.241 e. The van der Waals surface area contributed by atoms with Gasteiger partial charge in [-0.15, -0.1) is 0 Å². The number of nitrogens with two attached hydrogens (primary N) is 1. The lowest BCUT2D eigenvalue weighted by atomic mass is 10.0. The van der Waals surface area contributed by atoms with Crippen LogP contribution >= 0.6 is 0 Å². The zero-order chi connectivity index (χ0) is 11.2. The number of β-lactam (4-membered cyclic amide) rings is 1. The van der Waals surface area contributed by atoms with E-state index in [0.29, 0.717) is 6.54 Å². The lowest BCUT2D eigenvalue weighted by molar-refractivity contribution is -0.145. The Morgan fingerprint density at radius 2 is 2.27 bits per heavy atom. The summed E-state index contributed by atoms with van der Waals surface area (Å²) in [6, 6.07) is 1.74. The van der Waals surface area contributed by atoms with Crippen molar-refractivity contribution >= 4 is 5.91 Å². The first kappa shape index (κ1) is 10.2. The molecule has 0 aromatic carbocycles. The molecule has 2 heterocycles. The van der Waals surface area contributed by atoms with E-state index in [9.17, 15) is 4.79 Å². The van der Waals surface area contributed by atoms with Gasteiger partial charge in [-0.3, -0.25) is 4.79 Å². The van der Waals surface area contributed by atoms with E-state index in [1.807, 2.05) is 26.8 Å². The predicted octanol–water partition coefficient (Wildman–Crippen LogP) is 1.13. The molecular weight excluding hydrogens is 192 g/mol. The van der Waals surface area contributed by atoms with E-state index in [-0.39, 0.29) is 18.0 Å². The van der Waals surface area contributed by atoms with Gasteiger partial charge in [-0.2, -0.15) is 0 Å². The maximum atomic E-state index is 11.5. The molecule has 4 nitrogen and oxygen atoms in total. The number of hydrogen-bond donors (Lipinski definition) is 1. The molecule has 0 spiro atoms. The third-order valence-electron chi connectivity index (χ3n) is 2.99. The summed E-state index contributed by atoms with van der Waals surface area (Å²) in [7, 11) is 0. The number of carbonyl (C=O) groups excluding carboxylic acids is 1. The molecule has 0 saturated carbocycles. The van der Waals surface area contributed by atoms with Gasteiger partial charge in [-0.05, 0) is 26.8 Å². The van der Waals surface area contributed by atoms with Gasteiger partial charge in [-0.1, -0.05) is 0 Å². The van der Waals surface area contributed by atoms with Gasteiger partial charge in [0.15, 0.2) is 0 Å². The number of nitrogens with zero attached hydrogens (tertiary/aromatic N) is 1. The van der Waals surface area contributed by atoms with Crippen molar-refractivity contribution < 1.29 is 9.21 Å². The molecule has 1 aliphatic heterocycles. The molecule has 2 N–H and O–H groups in total. The van der Waals surface area contributed by atoms with Gasteiger partial charge < -0.3 is 15.1 Å². The van der Waals surface area contributed by atoms with Crippen LogP contribution in [0.15, 0.2) is 10.5 Å². The van der Waals surface area contributed by atoms with Crippen LogP contribution in [-0.4, -0.2) is 23.4 Å². The first-order valence-electron chi connectivity index (χ1n) is 5.13. The fourth-order valence-electron chi connectivity index (χ4n) is 2.06. The van der Waals surface area contributed by atoms with Crippen molar-refractivity contribution in [2.75, 3.05) is 6.54 Å². The molecule has 1 fully saturated rings. The molecule has 2 unspecified atom stereocenters. The summed E-state index contributed by atoms with van der Waals surface area (Å²) in [6.45, 7) is 6.47. The van der Waals surface area contributed by atoms with Crippen LogP contribution in [0.4, 0.5) is 0 Å². The first-order valence-corrected chi connectivity index (χ1v) is 5.13. The van der Waals surface area contributed by atoms with E-state index in [2.05, 4.69) is 0 Å². The minimum atomic E-state index is -0.305. The number of furan rings is 1. The summed E-state index contributed by atoms with van der Waals surface area (Å²) in [6.07, 6.45) is 0. The number of hydrogen-bond acceptors (Lipinski definition) is 3. The van der Waals surface area contributed by atoms with E-state index < -0.39 is 0 Å². The summed E-state index contributed by atoms with van der Waals surface area (Å²) in [5.74, 6) is 1.79. The van der Waals surface area contributed by atoms with Gasteiger partial charge in [0.1, 0.15) is 17.6 Å². The highest BCUT2D eigenvalue weighted by Crippen LogP contribution is 2.29. The van der Waals surface area contributed by atoms with Gasteiger partial charge in [0.2, 0.25) is 5.91 Å². The molecule has 1 amide bonds. The lowest BCUT2D eigenvalue weighted by Crippen LogP contribution is -2.61. The van der Waals surface area contributed by atoms with Crippen LogP contribution in [0.3, 0.4) is 0 Å². The molecule has 0 radical (unpaired) electrons. The van der Waals surface area contributed by atoms with Crippen molar-refractivity contribution in [1.82, 2.24) is 4.90 Å². The average Bonchev–Trinajstić information content (AvgIpc) is 2.52. The van der Waals surface area contributed by atoms with Gasteiger partial charge in [0.25, 0.3) is 0 Å². The van der Waals surface area contributed by atoms with Crippen LogP contribution in [0.25, 0.3) is 0 Å². The fourth-order valence-corrected chi connectivity index (χ4v) is 2.06. The molecular formula is C11H16N2O2. The highest BCUT2D eigenvalue weighted by molar-refractivity contribution is 5.88. The van der Waals surface area contributed by atoms with Crippen LogP contribution in [0.2, 0.25) is 0 Å². The van der Waals surface area contributed by atoms with Crippen molar-refractivity contribution in [2.45, 2.75) is 32.9 Å². The lowest BCUT2D eigenvalue weighted by Gasteiger charge is -2.40. The summed E-state index contributed by atoms with van der Waals surface area (Å²) < 4.78 is 5.45. The molecule has 1 saturated heterocycles. The Hall–Kier alpha value is -1.29. The first-order chi connectivity index (χ1) is 7.00. The van der Waals surface area contributed by atoms with E-state index in [4.69, 9.17) is 10.2 Å². The van der Waals surface area contributed by atoms with Crippen molar-refractivity contribution in [2.24, 2.45) is 5.73 Å². The zero-order valence-electron chi connectivity index (χ0n) is 9.28. The Balaban J connectivity index is 2.18. The van der Waals surface area contributed by atoms with Crippen LogP contribution in [0.5, 0.6) is 0 Å². The van der Waals surface area contributed by atoms with E-state index in [1.54, 1.807) is 4.90 Å². The number of carbonyl (C=O) groups is 1. The van der Waals surface area contributed by atoms with Gasteiger partial charge in [0, 0.05) is 12.1 Å². The summed E-state index contributed by atoms with van der Waals surface area (Å²) >= 11 is 0. The molecule has 2 atom stereocenters. The second kappa shape index (κ2) is 3.38. The van der Waals surface area contributed by atoms with Crippen molar-refractivity contribution in [3.05, 3.63) is 23.2 Å². The van der Waals surface area contributed by atoms with Crippen LogP contribution in [0.1, 0.15) is 30.0 Å². The Kier molecular flexibility index (Phi) is 2.31. The highest BCUT2D eigenvalue weighted by Gasteiger charge is 2.37. The minimum absolute atomic E-state index is 0.0285. The number of rotatable bonds is 2. The van der Waals surface area contributed by atoms with Crippen molar-refractivity contribution in [1.29, 1.82) is 0 Å². The minimum Gasteiger partial charge on any atom is -0.466 e. The third kappa shape index (κ3) is 1.55. The standard InChI is InChI=1S/C11H16N2O2/c1-6-4-9(8(3)15-6)7(2)13-5-10(12)11(13)14/h4,7,10H,5,12H2,1-3H3. The van der Waals surface area contributed by atoms with Gasteiger partial charge >= 0.3 is 0 Å². The Morgan fingerprint density at radius 1 is 1.60 bits per heavy atom. The van der Waals surface area contributed by atoms with Crippen LogP contribution < -0.4 is 5.73 Å². The zero-order valence-corrected chi connectivity index (χ0v) is 9.28. The Labute approximate surface area is 89.0 Å². The summed E-state index contributed by atoms with van der Waals surface area (Å²) in [5.41, 5.74) is 6.63. The molecule has 1 aliphatic rings. The highest BCUT2D eigenvalue weighted by atomic mass is 16.3. The Bertz CT molecular complexity index is 397. The molecule has 4 heteroatoms. The van der Waals surface area contributed by atoms with E-state index >= 15 is 0 Å². The molecule has 15 heavy (non-hydrogen) atoms. The smallest absolute Gasteiger partial charge is 0.241 e. The van der Waals surface area contributed by atoms with E-state index in [0.717, 1.165) is 17.1 Å². The number of amides is 1. The number of aryl methyl sites for hydroxylation is 2. The molecule has 2 rings (SSSR count). The largest absolute Gasteiger partial charge is 0.466 e. The Morgan fingerprint density at radius 3 is 2.67 bits per heavy atom. The fraction of sp³-hybridized carbons (Fsp3) is 0.545. The van der Waals surface area contributed by atoms with Crippen LogP contribution in [-0.2, 0) is 4.79 Å². The maximum absolute atomic E-state index is 11.5. The summed E-state index contributed by atoms with van der Waals surface area (Å²) in [4.78, 5) is 13.2. The number of likely N-dealkylation sites (tertiary alicyclic amines) is 1. The predicted molar refractivity (Wildman–Crippen MR) is 56.3 cm³/mol. The van der Waals surface area contributed by atoms with Crippen molar-refractivity contribution in [3.63, 3.8) is 0 Å². The molecule has 82 valence electrons. The second-order valence-electron chi connectivity index (χ2n) is 4.14. The normalized spacial score (nSPS) is 22.8. The third-order valence-corrected chi connectivity index (χ3v) is 2.99. The quantitative estimate of drug-likeness (QED) is 0.741. The average molecular weight is 208 g/mol. The SMILES string of the molecule is Cc1cc(C(C)N2CC(N)C2=O)c(C)o1. The molecule has 1 aromatic rings.